The lowest BCUT2D eigenvalue weighted by atomic mass is 9.99. The number of methoxy groups -OCH3 is 1. The Hall–Kier alpha value is -3.42. The van der Waals surface area contributed by atoms with E-state index in [1.165, 1.54) is 6.07 Å². The van der Waals surface area contributed by atoms with Gasteiger partial charge in [-0.15, -0.1) is 0 Å². The van der Waals surface area contributed by atoms with Crippen LogP contribution in [0.1, 0.15) is 12.0 Å². The van der Waals surface area contributed by atoms with E-state index in [4.69, 9.17) is 18.3 Å². The van der Waals surface area contributed by atoms with Gasteiger partial charge in [-0.2, -0.15) is 0 Å². The molecule has 5 rings (SSSR count). The van der Waals surface area contributed by atoms with Gasteiger partial charge in [-0.05, 0) is 30.7 Å². The summed E-state index contributed by atoms with van der Waals surface area (Å²) in [4.78, 5) is 27.3. The molecule has 0 atom stereocenters. The van der Waals surface area contributed by atoms with Crippen molar-refractivity contribution in [1.82, 2.24) is 4.90 Å². The van der Waals surface area contributed by atoms with Crippen LogP contribution in [0.15, 0.2) is 67.0 Å². The van der Waals surface area contributed by atoms with Gasteiger partial charge < -0.3 is 18.3 Å². The second-order valence-corrected chi connectivity index (χ2v) is 7.56. The van der Waals surface area contributed by atoms with Crippen LogP contribution in [-0.2, 0) is 11.3 Å². The fraction of sp³-hybridized carbons (Fsp3) is 0.250. The monoisotopic (exact) mass is 419 g/mol. The third-order valence-corrected chi connectivity index (χ3v) is 5.51. The van der Waals surface area contributed by atoms with Crippen molar-refractivity contribution in [2.24, 2.45) is 0 Å². The molecule has 0 saturated heterocycles. The fourth-order valence-corrected chi connectivity index (χ4v) is 4.03. The van der Waals surface area contributed by atoms with Crippen LogP contribution < -0.4 is 16.0 Å². The Morgan fingerprint density at radius 2 is 1.90 bits per heavy atom. The van der Waals surface area contributed by atoms with E-state index in [0.29, 0.717) is 53.3 Å². The largest absolute Gasteiger partial charge is 0.478 e. The van der Waals surface area contributed by atoms with E-state index in [0.717, 1.165) is 23.9 Å². The highest BCUT2D eigenvalue weighted by Crippen LogP contribution is 2.35. The van der Waals surface area contributed by atoms with E-state index in [1.54, 1.807) is 19.2 Å². The number of ether oxygens (including phenoxy) is 2. The maximum absolute atomic E-state index is 12.7. The molecule has 2 aromatic carbocycles. The zero-order valence-electron chi connectivity index (χ0n) is 17.1. The molecule has 0 spiro atoms. The number of hydrogen-bond acceptors (Lipinski definition) is 7. The summed E-state index contributed by atoms with van der Waals surface area (Å²) in [6.07, 6.45) is 0.868. The van der Waals surface area contributed by atoms with Crippen molar-refractivity contribution < 1.29 is 18.3 Å². The smallest absolute Gasteiger partial charge is 0.344 e. The number of para-hydroxylation sites is 1. The second kappa shape index (κ2) is 8.02. The minimum Gasteiger partial charge on any atom is -0.478 e. The maximum atomic E-state index is 12.7. The molecule has 0 N–H and O–H groups in total. The van der Waals surface area contributed by atoms with Gasteiger partial charge in [0.15, 0.2) is 0 Å². The minimum atomic E-state index is -0.528. The molecule has 0 radical (unpaired) electrons. The van der Waals surface area contributed by atoms with Crippen molar-refractivity contribution in [2.75, 3.05) is 27.0 Å². The van der Waals surface area contributed by atoms with E-state index < -0.39 is 11.3 Å². The molecule has 7 heteroatoms. The van der Waals surface area contributed by atoms with E-state index in [-0.39, 0.29) is 0 Å². The summed E-state index contributed by atoms with van der Waals surface area (Å²) in [5.41, 5.74) is 1.52. The summed E-state index contributed by atoms with van der Waals surface area (Å²) >= 11 is 0. The van der Waals surface area contributed by atoms with Gasteiger partial charge in [0.2, 0.25) is 0 Å². The van der Waals surface area contributed by atoms with Crippen LogP contribution >= 0.6 is 0 Å². The van der Waals surface area contributed by atoms with Crippen molar-refractivity contribution in [3.8, 4) is 16.9 Å². The van der Waals surface area contributed by atoms with Crippen LogP contribution in [0.5, 0.6) is 5.75 Å². The Morgan fingerprint density at radius 1 is 1.03 bits per heavy atom. The summed E-state index contributed by atoms with van der Waals surface area (Å²) in [7, 11) is 1.68. The highest BCUT2D eigenvalue weighted by Gasteiger charge is 2.23. The van der Waals surface area contributed by atoms with E-state index in [2.05, 4.69) is 4.90 Å². The van der Waals surface area contributed by atoms with Crippen molar-refractivity contribution >= 4 is 21.9 Å². The molecule has 158 valence electrons. The van der Waals surface area contributed by atoms with Crippen molar-refractivity contribution in [3.63, 3.8) is 0 Å². The lowest BCUT2D eigenvalue weighted by Crippen LogP contribution is -2.33. The lowest BCUT2D eigenvalue weighted by Gasteiger charge is -2.29. The lowest BCUT2D eigenvalue weighted by molar-refractivity contribution is 0.0837. The number of nitrogens with zero attached hydrogens (tertiary/aromatic N) is 1. The van der Waals surface area contributed by atoms with Crippen molar-refractivity contribution in [2.45, 2.75) is 13.0 Å². The number of benzene rings is 2. The number of fused-ring (bicyclic) bond motifs is 4. The Labute approximate surface area is 177 Å². The van der Waals surface area contributed by atoms with Gasteiger partial charge in [0.25, 0.3) is 0 Å². The SMILES string of the molecule is COCCCN1COc2ccc3c(-c4cc5ccccc5oc4=O)cc(=O)oc3c2C1. The van der Waals surface area contributed by atoms with Gasteiger partial charge in [0.1, 0.15) is 23.6 Å². The first-order valence-electron chi connectivity index (χ1n) is 10.1. The quantitative estimate of drug-likeness (QED) is 0.360. The first-order valence-corrected chi connectivity index (χ1v) is 10.1. The average Bonchev–Trinajstić information content (AvgIpc) is 2.78. The van der Waals surface area contributed by atoms with Gasteiger partial charge in [0, 0.05) is 49.2 Å². The zero-order chi connectivity index (χ0) is 21.4. The predicted octanol–water partition coefficient (Wildman–Crippen LogP) is 3.75. The molecule has 7 nitrogen and oxygen atoms in total. The highest BCUT2D eigenvalue weighted by molar-refractivity contribution is 5.97. The Balaban J connectivity index is 1.65. The molecule has 0 aliphatic carbocycles. The molecule has 31 heavy (non-hydrogen) atoms. The molecule has 0 unspecified atom stereocenters. The van der Waals surface area contributed by atoms with Gasteiger partial charge in [-0.25, -0.2) is 9.59 Å². The fourth-order valence-electron chi connectivity index (χ4n) is 4.03. The summed E-state index contributed by atoms with van der Waals surface area (Å²) in [5.74, 6) is 0.682. The minimum absolute atomic E-state index is 0.324. The van der Waals surface area contributed by atoms with E-state index >= 15 is 0 Å². The second-order valence-electron chi connectivity index (χ2n) is 7.56. The topological polar surface area (TPSA) is 82.1 Å². The molecular formula is C24H21NO6. The summed E-state index contributed by atoms with van der Waals surface area (Å²) in [6.45, 7) is 2.49. The number of rotatable bonds is 5. The third-order valence-electron chi connectivity index (χ3n) is 5.51. The van der Waals surface area contributed by atoms with Gasteiger partial charge in [0.05, 0.1) is 11.1 Å². The maximum Gasteiger partial charge on any atom is 0.344 e. The summed E-state index contributed by atoms with van der Waals surface area (Å²) in [5, 5.41) is 1.45. The summed E-state index contributed by atoms with van der Waals surface area (Å²) in [6, 6.07) is 14.1. The molecule has 0 fully saturated rings. The first-order chi connectivity index (χ1) is 15.1. The molecule has 1 aliphatic rings. The van der Waals surface area contributed by atoms with Gasteiger partial charge >= 0.3 is 11.3 Å². The summed E-state index contributed by atoms with van der Waals surface area (Å²) < 4.78 is 22.1. The first kappa shape index (κ1) is 19.5. The number of hydrogen-bond donors (Lipinski definition) is 0. The van der Waals surface area contributed by atoms with E-state index in [9.17, 15) is 9.59 Å². The van der Waals surface area contributed by atoms with Crippen LogP contribution in [0.4, 0.5) is 0 Å². The van der Waals surface area contributed by atoms with Crippen molar-refractivity contribution in [1.29, 1.82) is 0 Å². The van der Waals surface area contributed by atoms with Crippen LogP contribution in [0, 0.1) is 0 Å². The predicted molar refractivity (Wildman–Crippen MR) is 116 cm³/mol. The molecule has 3 heterocycles. The molecule has 0 bridgehead atoms. The van der Waals surface area contributed by atoms with E-state index in [1.807, 2.05) is 30.3 Å². The Morgan fingerprint density at radius 3 is 2.77 bits per heavy atom. The van der Waals surface area contributed by atoms with Crippen LogP contribution in [0.3, 0.4) is 0 Å². The average molecular weight is 419 g/mol. The van der Waals surface area contributed by atoms with Gasteiger partial charge in [-0.3, -0.25) is 4.90 Å². The molecule has 0 saturated carbocycles. The third kappa shape index (κ3) is 3.62. The normalized spacial score (nSPS) is 14.0. The zero-order valence-corrected chi connectivity index (χ0v) is 17.1. The molecule has 2 aromatic heterocycles. The molecular weight excluding hydrogens is 398 g/mol. The standard InChI is InChI=1S/C24H21NO6/c1-28-10-4-9-25-13-19-21(29-14-25)8-7-16-17(12-22(26)31-23(16)19)18-11-15-5-2-3-6-20(15)30-24(18)27/h2-3,5-8,11-12H,4,9-10,13-14H2,1H3. The Bertz CT molecular complexity index is 1390. The van der Waals surface area contributed by atoms with Crippen molar-refractivity contribution in [3.05, 3.63) is 74.9 Å². The highest BCUT2D eigenvalue weighted by atomic mass is 16.5. The van der Waals surface area contributed by atoms with Crippen LogP contribution in [-0.4, -0.2) is 31.9 Å². The molecule has 0 amide bonds. The van der Waals surface area contributed by atoms with Gasteiger partial charge in [-0.1, -0.05) is 18.2 Å². The van der Waals surface area contributed by atoms with Crippen LogP contribution in [0.2, 0.25) is 0 Å². The molecule has 1 aliphatic heterocycles. The van der Waals surface area contributed by atoms with Crippen LogP contribution in [0.25, 0.3) is 33.1 Å². The molecule has 4 aromatic rings. The Kier molecular flexibility index (Phi) is 5.05.